The van der Waals surface area contributed by atoms with Gasteiger partial charge in [-0.3, -0.25) is 19.9 Å². The number of urea groups is 1. The minimum absolute atomic E-state index is 0.0309. The average molecular weight is 509 g/mol. The fourth-order valence-corrected chi connectivity index (χ4v) is 3.98. The number of halogens is 1. The number of nitrogen functional groups attached to an aromatic ring is 1. The van der Waals surface area contributed by atoms with E-state index in [-0.39, 0.29) is 34.7 Å². The Morgan fingerprint density at radius 1 is 1.14 bits per heavy atom. The first-order valence-electron chi connectivity index (χ1n) is 11.0. The molecule has 1 unspecified atom stereocenters. The largest absolute Gasteiger partial charge is 0.384 e. The summed E-state index contributed by atoms with van der Waals surface area (Å²) in [6.07, 6.45) is 0. The van der Waals surface area contributed by atoms with Crippen LogP contribution in [0.25, 0.3) is 0 Å². The minimum Gasteiger partial charge on any atom is -0.384 e. The quantitative estimate of drug-likeness (QED) is 0.295. The number of hydrogen-bond donors (Lipinski definition) is 2. The molecule has 4 rings (SSSR count). The molecule has 2 aromatic carbocycles. The summed E-state index contributed by atoms with van der Waals surface area (Å²) >= 11 is 6.26. The molecule has 11 nitrogen and oxygen atoms in total. The molecular formula is C24H25ClN8O3. The third kappa shape index (κ3) is 4.65. The van der Waals surface area contributed by atoms with Crippen LogP contribution in [0.1, 0.15) is 33.2 Å². The molecule has 1 fully saturated rings. The van der Waals surface area contributed by atoms with Crippen molar-refractivity contribution >= 4 is 41.2 Å². The third-order valence-corrected chi connectivity index (χ3v) is 6.11. The van der Waals surface area contributed by atoms with E-state index in [0.717, 1.165) is 15.1 Å². The van der Waals surface area contributed by atoms with Crippen LogP contribution in [0.15, 0.2) is 48.5 Å². The van der Waals surface area contributed by atoms with Gasteiger partial charge in [-0.25, -0.2) is 4.79 Å². The normalized spacial score (nSPS) is 14.8. The Morgan fingerprint density at radius 3 is 2.39 bits per heavy atom. The Bertz CT molecular complexity index is 1350. The first kappa shape index (κ1) is 24.9. The van der Waals surface area contributed by atoms with Crippen molar-refractivity contribution in [3.63, 3.8) is 0 Å². The van der Waals surface area contributed by atoms with Crippen LogP contribution in [0.5, 0.6) is 0 Å². The monoisotopic (exact) mass is 508 g/mol. The molecule has 0 bridgehead atoms. The second-order valence-corrected chi connectivity index (χ2v) is 9.02. The summed E-state index contributed by atoms with van der Waals surface area (Å²) in [6, 6.07) is 13.3. The molecule has 1 atom stereocenters. The highest BCUT2D eigenvalue weighted by Crippen LogP contribution is 2.30. The van der Waals surface area contributed by atoms with Crippen LogP contribution in [0.3, 0.4) is 0 Å². The number of carbonyl (C=O) groups is 3. The van der Waals surface area contributed by atoms with E-state index in [0.29, 0.717) is 12.1 Å². The summed E-state index contributed by atoms with van der Waals surface area (Å²) in [7, 11) is 4.87. The van der Waals surface area contributed by atoms with Gasteiger partial charge in [0.05, 0.1) is 10.6 Å². The number of aromatic nitrogens is 3. The van der Waals surface area contributed by atoms with Crippen molar-refractivity contribution in [2.45, 2.75) is 12.5 Å². The number of amidine groups is 1. The smallest absolute Gasteiger partial charge is 0.326 e. The zero-order chi connectivity index (χ0) is 26.1. The molecule has 2 heterocycles. The van der Waals surface area contributed by atoms with Crippen LogP contribution < -0.4 is 10.6 Å². The summed E-state index contributed by atoms with van der Waals surface area (Å²) in [5.41, 5.74) is 7.25. The number of nitrogens with zero attached hydrogens (tertiary/aromatic N) is 6. The van der Waals surface area contributed by atoms with E-state index in [9.17, 15) is 14.4 Å². The molecular weight excluding hydrogens is 484 g/mol. The van der Waals surface area contributed by atoms with Crippen molar-refractivity contribution in [3.8, 4) is 0 Å². The van der Waals surface area contributed by atoms with Crippen molar-refractivity contribution in [1.29, 1.82) is 5.41 Å². The van der Waals surface area contributed by atoms with Gasteiger partial charge in [-0.15, -0.1) is 5.10 Å². The lowest BCUT2D eigenvalue weighted by Gasteiger charge is -2.36. The Hall–Kier alpha value is -4.25. The van der Waals surface area contributed by atoms with Gasteiger partial charge in [-0.2, -0.15) is 9.67 Å². The standard InChI is InChI=1S/C24H25ClN8O3/c1-30(2)24(36)32-13-17(21(32)34)20-28-23(31(3)12-14-8-10-15(11-9-14)19(26)27)33(29-20)22(35)16-6-4-5-7-18(16)25/h4-11,17H,12-13H2,1-3H3,(H3,26,27). The minimum atomic E-state index is -0.740. The molecule has 0 spiro atoms. The van der Waals surface area contributed by atoms with E-state index in [1.54, 1.807) is 62.4 Å². The predicted molar refractivity (Wildman–Crippen MR) is 134 cm³/mol. The summed E-state index contributed by atoms with van der Waals surface area (Å²) in [5.74, 6) is -1.33. The van der Waals surface area contributed by atoms with Crippen molar-refractivity contribution in [3.05, 3.63) is 76.1 Å². The molecule has 0 radical (unpaired) electrons. The number of rotatable bonds is 6. The number of nitrogens with one attached hydrogen (secondary N) is 1. The highest BCUT2D eigenvalue weighted by Gasteiger charge is 2.45. The van der Waals surface area contributed by atoms with Gasteiger partial charge in [0.2, 0.25) is 11.9 Å². The molecule has 186 valence electrons. The number of benzene rings is 2. The maximum atomic E-state index is 13.4. The molecule has 3 N–H and O–H groups in total. The Balaban J connectivity index is 1.66. The number of nitrogens with two attached hydrogens (primary N) is 1. The molecule has 3 amide bonds. The van der Waals surface area contributed by atoms with Crippen molar-refractivity contribution in [1.82, 2.24) is 24.6 Å². The van der Waals surface area contributed by atoms with Gasteiger partial charge in [0.15, 0.2) is 5.82 Å². The Labute approximate surface area is 212 Å². The molecule has 12 heteroatoms. The highest BCUT2D eigenvalue weighted by atomic mass is 35.5. The van der Waals surface area contributed by atoms with Crippen LogP contribution in [-0.4, -0.2) is 75.9 Å². The summed E-state index contributed by atoms with van der Waals surface area (Å²) in [4.78, 5) is 47.0. The number of carbonyl (C=O) groups excluding carboxylic acids is 3. The number of likely N-dealkylation sites (tertiary alicyclic amines) is 1. The third-order valence-electron chi connectivity index (χ3n) is 5.78. The Morgan fingerprint density at radius 2 is 1.81 bits per heavy atom. The van der Waals surface area contributed by atoms with Crippen LogP contribution in [0, 0.1) is 5.41 Å². The maximum Gasteiger partial charge on any atom is 0.326 e. The average Bonchev–Trinajstić information content (AvgIpc) is 3.28. The summed E-state index contributed by atoms with van der Waals surface area (Å²) < 4.78 is 1.13. The number of β-lactam (4-membered cyclic amide) rings is 1. The van der Waals surface area contributed by atoms with E-state index in [1.807, 2.05) is 12.1 Å². The molecule has 3 aromatic rings. The molecule has 0 saturated carbocycles. The second-order valence-electron chi connectivity index (χ2n) is 8.61. The van der Waals surface area contributed by atoms with Gasteiger partial charge in [0, 0.05) is 39.8 Å². The summed E-state index contributed by atoms with van der Waals surface area (Å²) in [6.45, 7) is 0.478. The first-order chi connectivity index (χ1) is 17.1. The molecule has 1 aliphatic rings. The topological polar surface area (TPSA) is 142 Å². The van der Waals surface area contributed by atoms with Gasteiger partial charge < -0.3 is 15.5 Å². The summed E-state index contributed by atoms with van der Waals surface area (Å²) in [5, 5.41) is 12.2. The number of imide groups is 1. The fraction of sp³-hybridized carbons (Fsp3) is 0.250. The Kier molecular flexibility index (Phi) is 6.75. The van der Waals surface area contributed by atoms with Crippen molar-refractivity contribution in [2.24, 2.45) is 5.73 Å². The zero-order valence-electron chi connectivity index (χ0n) is 20.0. The SMILES string of the molecule is CN(C)C(=O)N1CC(c2nc(N(C)Cc3ccc(C(=N)N)cc3)n(C(=O)c3ccccc3Cl)n2)C1=O. The van der Waals surface area contributed by atoms with Gasteiger partial charge >= 0.3 is 6.03 Å². The van der Waals surface area contributed by atoms with Crippen molar-refractivity contribution < 1.29 is 14.4 Å². The lowest BCUT2D eigenvalue weighted by molar-refractivity contribution is -0.139. The van der Waals surface area contributed by atoms with E-state index in [4.69, 9.17) is 22.7 Å². The fourth-order valence-electron chi connectivity index (χ4n) is 3.77. The van der Waals surface area contributed by atoms with Gasteiger partial charge in [-0.1, -0.05) is 48.0 Å². The molecule has 1 aliphatic heterocycles. The van der Waals surface area contributed by atoms with Crippen LogP contribution in [0.4, 0.5) is 10.7 Å². The number of anilines is 1. The number of amides is 3. The number of hydrogen-bond acceptors (Lipinski definition) is 7. The van der Waals surface area contributed by atoms with E-state index < -0.39 is 23.8 Å². The van der Waals surface area contributed by atoms with Crippen LogP contribution in [-0.2, 0) is 11.3 Å². The lowest BCUT2D eigenvalue weighted by Crippen LogP contribution is -2.56. The van der Waals surface area contributed by atoms with Crippen molar-refractivity contribution in [2.75, 3.05) is 32.6 Å². The van der Waals surface area contributed by atoms with Crippen LogP contribution in [0.2, 0.25) is 5.02 Å². The molecule has 36 heavy (non-hydrogen) atoms. The molecule has 0 aliphatic carbocycles. The molecule has 1 aromatic heterocycles. The van der Waals surface area contributed by atoms with E-state index >= 15 is 0 Å². The van der Waals surface area contributed by atoms with Gasteiger partial charge in [0.1, 0.15) is 11.8 Å². The van der Waals surface area contributed by atoms with Gasteiger partial charge in [0.25, 0.3) is 5.91 Å². The molecule has 1 saturated heterocycles. The maximum absolute atomic E-state index is 13.4. The first-order valence-corrected chi connectivity index (χ1v) is 11.4. The van der Waals surface area contributed by atoms with E-state index in [1.165, 1.54) is 4.90 Å². The van der Waals surface area contributed by atoms with Gasteiger partial charge in [-0.05, 0) is 17.7 Å². The highest BCUT2D eigenvalue weighted by molar-refractivity contribution is 6.33. The second kappa shape index (κ2) is 9.78. The lowest BCUT2D eigenvalue weighted by atomic mass is 9.98. The predicted octanol–water partition coefficient (Wildman–Crippen LogP) is 2.15. The zero-order valence-corrected chi connectivity index (χ0v) is 20.7. The van der Waals surface area contributed by atoms with E-state index in [2.05, 4.69) is 10.1 Å². The van der Waals surface area contributed by atoms with Crippen LogP contribution >= 0.6 is 11.6 Å².